The quantitative estimate of drug-likeness (QED) is 0.737. The van der Waals surface area contributed by atoms with Gasteiger partial charge in [-0.05, 0) is 18.2 Å². The third kappa shape index (κ3) is 2.45. The van der Waals surface area contributed by atoms with Crippen molar-refractivity contribution in [3.63, 3.8) is 0 Å². The van der Waals surface area contributed by atoms with Gasteiger partial charge in [0.25, 0.3) is 0 Å². The molecule has 2 N–H and O–H groups in total. The van der Waals surface area contributed by atoms with Crippen molar-refractivity contribution in [2.45, 2.75) is 6.29 Å². The molecule has 0 radical (unpaired) electrons. The molecule has 0 bridgehead atoms. The number of rotatable bonds is 4. The van der Waals surface area contributed by atoms with Gasteiger partial charge in [-0.15, -0.1) is 0 Å². The fourth-order valence-electron chi connectivity index (χ4n) is 1.23. The molecule has 0 amide bonds. The first-order chi connectivity index (χ1) is 7.10. The Morgan fingerprint density at radius 3 is 2.33 bits per heavy atom. The molecule has 0 fully saturated rings. The molecule has 0 saturated heterocycles. The molecular weight excluding hydrogens is 200 g/mol. The molecule has 5 heteroatoms. The lowest BCUT2D eigenvalue weighted by Gasteiger charge is -2.15. The Bertz CT molecular complexity index is 357. The van der Waals surface area contributed by atoms with Crippen molar-refractivity contribution < 1.29 is 24.5 Å². The molecule has 5 nitrogen and oxygen atoms in total. The van der Waals surface area contributed by atoms with E-state index in [1.165, 1.54) is 26.4 Å². The first-order valence-electron chi connectivity index (χ1n) is 4.22. The maximum absolute atomic E-state index is 10.6. The molecule has 0 aliphatic heterocycles. The lowest BCUT2D eigenvalue weighted by molar-refractivity contribution is -0.107. The molecule has 0 heterocycles. The predicted molar refractivity (Wildman–Crippen MR) is 51.8 cm³/mol. The minimum Gasteiger partial charge on any atom is -0.507 e. The van der Waals surface area contributed by atoms with Gasteiger partial charge in [-0.3, -0.25) is 0 Å². The first kappa shape index (κ1) is 11.5. The van der Waals surface area contributed by atoms with Crippen molar-refractivity contribution in [2.75, 3.05) is 14.2 Å². The van der Waals surface area contributed by atoms with Crippen molar-refractivity contribution in [1.29, 1.82) is 0 Å². The van der Waals surface area contributed by atoms with Crippen LogP contribution in [0.4, 0.5) is 0 Å². The number of carbonyl (C=O) groups is 1. The van der Waals surface area contributed by atoms with Crippen LogP contribution in [0.15, 0.2) is 18.2 Å². The molecule has 1 aromatic carbocycles. The highest BCUT2D eigenvalue weighted by atomic mass is 16.7. The summed E-state index contributed by atoms with van der Waals surface area (Å²) in [6, 6.07) is 3.99. The Labute approximate surface area is 86.9 Å². The van der Waals surface area contributed by atoms with Crippen molar-refractivity contribution in [3.8, 4) is 5.75 Å². The second-order valence-corrected chi connectivity index (χ2v) is 2.88. The Balaban J connectivity index is 3.07. The van der Waals surface area contributed by atoms with Crippen LogP contribution in [-0.4, -0.2) is 30.4 Å². The van der Waals surface area contributed by atoms with Crippen LogP contribution in [0.2, 0.25) is 0 Å². The minimum atomic E-state index is -1.09. The number of hydrogen-bond acceptors (Lipinski definition) is 4. The first-order valence-corrected chi connectivity index (χ1v) is 4.22. The number of methoxy groups -OCH3 is 2. The third-order valence-corrected chi connectivity index (χ3v) is 1.96. The van der Waals surface area contributed by atoms with Crippen molar-refractivity contribution in [1.82, 2.24) is 0 Å². The maximum Gasteiger partial charge on any atom is 0.335 e. The zero-order valence-electron chi connectivity index (χ0n) is 8.43. The zero-order valence-corrected chi connectivity index (χ0v) is 8.43. The number of hydrogen-bond donors (Lipinski definition) is 2. The van der Waals surface area contributed by atoms with Gasteiger partial charge in [-0.25, -0.2) is 4.79 Å². The highest BCUT2D eigenvalue weighted by molar-refractivity contribution is 5.88. The van der Waals surface area contributed by atoms with Crippen molar-refractivity contribution in [2.24, 2.45) is 0 Å². The van der Waals surface area contributed by atoms with Crippen LogP contribution in [0.1, 0.15) is 22.2 Å². The van der Waals surface area contributed by atoms with Gasteiger partial charge in [-0.1, -0.05) is 0 Å². The second-order valence-electron chi connectivity index (χ2n) is 2.88. The lowest BCUT2D eigenvalue weighted by atomic mass is 10.1. The average Bonchev–Trinajstić information content (AvgIpc) is 2.21. The molecule has 0 aromatic heterocycles. The third-order valence-electron chi connectivity index (χ3n) is 1.96. The van der Waals surface area contributed by atoms with E-state index >= 15 is 0 Å². The van der Waals surface area contributed by atoms with Gasteiger partial charge in [0.05, 0.1) is 5.56 Å². The average molecular weight is 212 g/mol. The van der Waals surface area contributed by atoms with Crippen LogP contribution < -0.4 is 0 Å². The number of aromatic hydroxyl groups is 1. The van der Waals surface area contributed by atoms with E-state index in [1.807, 2.05) is 0 Å². The highest BCUT2D eigenvalue weighted by Crippen LogP contribution is 2.27. The van der Waals surface area contributed by atoms with Crippen LogP contribution in [0.25, 0.3) is 0 Å². The van der Waals surface area contributed by atoms with Gasteiger partial charge in [0.2, 0.25) is 0 Å². The van der Waals surface area contributed by atoms with E-state index in [0.717, 1.165) is 6.07 Å². The Kier molecular flexibility index (Phi) is 3.65. The number of ether oxygens (including phenoxy) is 2. The number of carboxylic acid groups (broad SMARTS) is 1. The minimum absolute atomic E-state index is 0.0159. The van der Waals surface area contributed by atoms with Crippen molar-refractivity contribution >= 4 is 5.97 Å². The van der Waals surface area contributed by atoms with E-state index in [4.69, 9.17) is 14.6 Å². The van der Waals surface area contributed by atoms with Crippen LogP contribution in [-0.2, 0) is 9.47 Å². The Morgan fingerprint density at radius 2 is 1.93 bits per heavy atom. The number of carboxylic acids is 1. The van der Waals surface area contributed by atoms with Gasteiger partial charge in [0, 0.05) is 19.8 Å². The zero-order chi connectivity index (χ0) is 11.4. The molecule has 0 spiro atoms. The van der Waals surface area contributed by atoms with Crippen LogP contribution >= 0.6 is 0 Å². The summed E-state index contributed by atoms with van der Waals surface area (Å²) in [5.41, 5.74) is 0.409. The molecule has 82 valence electrons. The molecule has 0 aliphatic rings. The summed E-state index contributed by atoms with van der Waals surface area (Å²) < 4.78 is 9.87. The second kappa shape index (κ2) is 4.77. The van der Waals surface area contributed by atoms with Crippen molar-refractivity contribution in [3.05, 3.63) is 29.3 Å². The molecule has 15 heavy (non-hydrogen) atoms. The van der Waals surface area contributed by atoms with Crippen LogP contribution in [0, 0.1) is 0 Å². The van der Waals surface area contributed by atoms with E-state index in [1.54, 1.807) is 0 Å². The fourth-order valence-corrected chi connectivity index (χ4v) is 1.23. The standard InChI is InChI=1S/C10H12O5/c1-14-10(15-2)7-4-3-6(9(12)13)5-8(7)11/h3-5,10-11H,1-2H3,(H,12,13). The van der Waals surface area contributed by atoms with E-state index < -0.39 is 12.3 Å². The number of benzene rings is 1. The fraction of sp³-hybridized carbons (Fsp3) is 0.300. The van der Waals surface area contributed by atoms with Gasteiger partial charge < -0.3 is 19.7 Å². The number of phenolic OH excluding ortho intramolecular Hbond substituents is 1. The van der Waals surface area contributed by atoms with Gasteiger partial charge in [0.1, 0.15) is 5.75 Å². The molecule has 1 aromatic rings. The monoisotopic (exact) mass is 212 g/mol. The molecule has 0 unspecified atom stereocenters. The molecule has 0 aliphatic carbocycles. The maximum atomic E-state index is 10.6. The summed E-state index contributed by atoms with van der Waals surface area (Å²) in [6.45, 7) is 0. The van der Waals surface area contributed by atoms with E-state index in [2.05, 4.69) is 0 Å². The Morgan fingerprint density at radius 1 is 1.33 bits per heavy atom. The molecule has 1 rings (SSSR count). The topological polar surface area (TPSA) is 76.0 Å². The SMILES string of the molecule is COC(OC)c1ccc(C(=O)O)cc1O. The van der Waals surface area contributed by atoms with E-state index in [-0.39, 0.29) is 11.3 Å². The summed E-state index contributed by atoms with van der Waals surface area (Å²) in [5, 5.41) is 18.2. The van der Waals surface area contributed by atoms with Crippen LogP contribution in [0.3, 0.4) is 0 Å². The van der Waals surface area contributed by atoms with Gasteiger partial charge >= 0.3 is 5.97 Å². The van der Waals surface area contributed by atoms with E-state index in [0.29, 0.717) is 5.56 Å². The molecular formula is C10H12O5. The molecule has 0 saturated carbocycles. The summed E-state index contributed by atoms with van der Waals surface area (Å²) >= 11 is 0. The largest absolute Gasteiger partial charge is 0.507 e. The van der Waals surface area contributed by atoms with Gasteiger partial charge in [0.15, 0.2) is 6.29 Å². The Hall–Kier alpha value is -1.59. The summed E-state index contributed by atoms with van der Waals surface area (Å²) in [5.74, 6) is -1.26. The number of aromatic carboxylic acids is 1. The lowest BCUT2D eigenvalue weighted by Crippen LogP contribution is -2.05. The summed E-state index contributed by atoms with van der Waals surface area (Å²) in [4.78, 5) is 10.6. The predicted octanol–water partition coefficient (Wildman–Crippen LogP) is 1.38. The van der Waals surface area contributed by atoms with Crippen LogP contribution in [0.5, 0.6) is 5.75 Å². The van der Waals surface area contributed by atoms with Gasteiger partial charge in [-0.2, -0.15) is 0 Å². The normalized spacial score (nSPS) is 10.6. The van der Waals surface area contributed by atoms with E-state index in [9.17, 15) is 9.90 Å². The summed E-state index contributed by atoms with van der Waals surface area (Å²) in [7, 11) is 2.86. The smallest absolute Gasteiger partial charge is 0.335 e. The number of phenols is 1. The molecule has 0 atom stereocenters. The summed E-state index contributed by atoms with van der Waals surface area (Å²) in [6.07, 6.45) is -0.701. The highest BCUT2D eigenvalue weighted by Gasteiger charge is 2.15.